The second-order valence-electron chi connectivity index (χ2n) is 7.15. The van der Waals surface area contributed by atoms with Crippen molar-refractivity contribution >= 4 is 24.7 Å². The second kappa shape index (κ2) is 7.81. The third kappa shape index (κ3) is 4.09. The zero-order valence-electron chi connectivity index (χ0n) is 15.1. The molecule has 0 aromatic heterocycles. The lowest BCUT2D eigenvalue weighted by Gasteiger charge is -2.44. The summed E-state index contributed by atoms with van der Waals surface area (Å²) in [6.07, 6.45) is 0.977. The smallest absolute Gasteiger partial charge is 0.306 e. The molecule has 0 aliphatic carbocycles. The third-order valence-electron chi connectivity index (χ3n) is 4.38. The summed E-state index contributed by atoms with van der Waals surface area (Å²) in [5, 5.41) is 11.3. The lowest BCUT2D eigenvalue weighted by molar-refractivity contribution is -0.138. The number of rotatable bonds is 7. The molecule has 3 nitrogen and oxygen atoms in total. The molecule has 1 N–H and O–H groups in total. The van der Waals surface area contributed by atoms with E-state index >= 15 is 0 Å². The molecule has 0 fully saturated rings. The topological polar surface area (TPSA) is 46.5 Å². The van der Waals surface area contributed by atoms with Gasteiger partial charge >= 0.3 is 5.97 Å². The van der Waals surface area contributed by atoms with Gasteiger partial charge in [-0.15, -0.1) is 6.58 Å². The van der Waals surface area contributed by atoms with E-state index in [0.717, 1.165) is 10.4 Å². The van der Waals surface area contributed by atoms with E-state index in [1.165, 1.54) is 0 Å². The van der Waals surface area contributed by atoms with Gasteiger partial charge in [0.1, 0.15) is 0 Å². The first-order chi connectivity index (χ1) is 11.8. The van der Waals surface area contributed by atoms with Crippen LogP contribution in [0.15, 0.2) is 73.3 Å². The molecule has 4 heteroatoms. The van der Waals surface area contributed by atoms with Crippen LogP contribution in [0.1, 0.15) is 27.2 Å². The largest absolute Gasteiger partial charge is 0.481 e. The molecule has 0 aliphatic rings. The van der Waals surface area contributed by atoms with Crippen molar-refractivity contribution in [3.05, 3.63) is 73.3 Å². The summed E-state index contributed by atoms with van der Waals surface area (Å²) in [6, 6.07) is 20.4. The zero-order valence-corrected chi connectivity index (χ0v) is 16.1. The Morgan fingerprint density at radius 3 is 1.84 bits per heavy atom. The minimum Gasteiger partial charge on any atom is -0.481 e. The van der Waals surface area contributed by atoms with E-state index in [1.807, 2.05) is 36.4 Å². The molecule has 0 radical (unpaired) electrons. The van der Waals surface area contributed by atoms with Gasteiger partial charge in [-0.05, 0) is 15.4 Å². The maximum Gasteiger partial charge on any atom is 0.306 e. The summed E-state index contributed by atoms with van der Waals surface area (Å²) >= 11 is 0. The second-order valence-corrected chi connectivity index (χ2v) is 11.4. The van der Waals surface area contributed by atoms with Crippen LogP contribution in [0.2, 0.25) is 5.04 Å². The highest BCUT2D eigenvalue weighted by atomic mass is 28.4. The van der Waals surface area contributed by atoms with Crippen molar-refractivity contribution in [1.82, 2.24) is 0 Å². The maximum absolute atomic E-state index is 11.3. The van der Waals surface area contributed by atoms with Crippen molar-refractivity contribution in [3.8, 4) is 0 Å². The number of carboxylic acids is 1. The number of hydrogen-bond donors (Lipinski definition) is 1. The SMILES string of the molecule is C=C[C@H](CC(=O)O)O[Si](c1ccccc1)(c1ccccc1)C(C)(C)C. The van der Waals surface area contributed by atoms with E-state index in [1.54, 1.807) is 6.08 Å². The average Bonchev–Trinajstić information content (AvgIpc) is 2.58. The molecule has 0 bridgehead atoms. The predicted molar refractivity (Wildman–Crippen MR) is 105 cm³/mol. The summed E-state index contributed by atoms with van der Waals surface area (Å²) in [5.41, 5.74) is 0. The Bertz CT molecular complexity index is 665. The molecule has 0 amide bonds. The highest BCUT2D eigenvalue weighted by Crippen LogP contribution is 2.37. The van der Waals surface area contributed by atoms with Gasteiger partial charge in [0.25, 0.3) is 8.32 Å². The molecule has 132 valence electrons. The maximum atomic E-state index is 11.3. The van der Waals surface area contributed by atoms with Crippen LogP contribution in [0.3, 0.4) is 0 Å². The zero-order chi connectivity index (χ0) is 18.5. The van der Waals surface area contributed by atoms with Crippen molar-refractivity contribution in [3.63, 3.8) is 0 Å². The Balaban J connectivity index is 2.68. The number of benzene rings is 2. The Labute approximate surface area is 151 Å². The Kier molecular flexibility index (Phi) is 5.98. The lowest BCUT2D eigenvalue weighted by atomic mass is 10.2. The standard InChI is InChI=1S/C21H26O3Si/c1-5-17(16-20(22)23)24-25(21(2,3)4,18-12-8-6-9-13-18)19-14-10-7-11-15-19/h5-15,17H,1,16H2,2-4H3,(H,22,23)/t17-/m1/s1. The predicted octanol–water partition coefficient (Wildman–Crippen LogP) is 3.59. The fourth-order valence-corrected chi connectivity index (χ4v) is 7.91. The summed E-state index contributed by atoms with van der Waals surface area (Å²) < 4.78 is 6.67. The first-order valence-corrected chi connectivity index (χ1v) is 10.4. The fourth-order valence-electron chi connectivity index (χ4n) is 3.26. The van der Waals surface area contributed by atoms with E-state index in [2.05, 4.69) is 51.6 Å². The van der Waals surface area contributed by atoms with Gasteiger partial charge in [0.05, 0.1) is 12.5 Å². The van der Waals surface area contributed by atoms with E-state index < -0.39 is 20.4 Å². The van der Waals surface area contributed by atoms with Crippen molar-refractivity contribution in [2.24, 2.45) is 0 Å². The number of carboxylic acid groups (broad SMARTS) is 1. The van der Waals surface area contributed by atoms with Crippen molar-refractivity contribution in [2.75, 3.05) is 0 Å². The van der Waals surface area contributed by atoms with Crippen molar-refractivity contribution in [2.45, 2.75) is 38.3 Å². The molecule has 0 saturated carbocycles. The molecular formula is C21H26O3Si. The minimum atomic E-state index is -2.73. The summed E-state index contributed by atoms with van der Waals surface area (Å²) in [6.45, 7) is 10.3. The van der Waals surface area contributed by atoms with Gasteiger partial charge in [0.2, 0.25) is 0 Å². The molecular weight excluding hydrogens is 328 g/mol. The van der Waals surface area contributed by atoms with Crippen LogP contribution in [0.5, 0.6) is 0 Å². The average molecular weight is 355 g/mol. The molecule has 0 saturated heterocycles. The first kappa shape index (κ1) is 19.2. The van der Waals surface area contributed by atoms with Gasteiger partial charge in [-0.25, -0.2) is 0 Å². The van der Waals surface area contributed by atoms with Crippen LogP contribution in [0, 0.1) is 0 Å². The van der Waals surface area contributed by atoms with Crippen LogP contribution in [0.4, 0.5) is 0 Å². The molecule has 0 spiro atoms. The molecule has 2 rings (SSSR count). The number of hydrogen-bond acceptors (Lipinski definition) is 2. The molecule has 0 heterocycles. The van der Waals surface area contributed by atoms with E-state index in [0.29, 0.717) is 0 Å². The van der Waals surface area contributed by atoms with Crippen LogP contribution < -0.4 is 10.4 Å². The van der Waals surface area contributed by atoms with Crippen LogP contribution in [-0.2, 0) is 9.22 Å². The van der Waals surface area contributed by atoms with E-state index in [9.17, 15) is 9.90 Å². The monoisotopic (exact) mass is 354 g/mol. The summed E-state index contributed by atoms with van der Waals surface area (Å²) in [5.74, 6) is -0.886. The molecule has 25 heavy (non-hydrogen) atoms. The van der Waals surface area contributed by atoms with Gasteiger partial charge < -0.3 is 9.53 Å². The molecule has 2 aromatic carbocycles. The quantitative estimate of drug-likeness (QED) is 0.610. The van der Waals surface area contributed by atoms with Gasteiger partial charge in [0.15, 0.2) is 0 Å². The van der Waals surface area contributed by atoms with Gasteiger partial charge in [-0.3, -0.25) is 4.79 Å². The molecule has 2 aromatic rings. The summed E-state index contributed by atoms with van der Waals surface area (Å²) in [4.78, 5) is 11.3. The highest BCUT2D eigenvalue weighted by Gasteiger charge is 2.51. The Hall–Kier alpha value is -2.17. The minimum absolute atomic E-state index is 0.0893. The van der Waals surface area contributed by atoms with Crippen molar-refractivity contribution in [1.29, 1.82) is 0 Å². The fraction of sp³-hybridized carbons (Fsp3) is 0.286. The normalized spacial score (nSPS) is 13.2. The van der Waals surface area contributed by atoms with Crippen LogP contribution in [-0.4, -0.2) is 25.5 Å². The Morgan fingerprint density at radius 1 is 1.08 bits per heavy atom. The molecule has 1 atom stereocenters. The number of aliphatic carboxylic acids is 1. The van der Waals surface area contributed by atoms with Crippen molar-refractivity contribution < 1.29 is 14.3 Å². The van der Waals surface area contributed by atoms with Gasteiger partial charge in [-0.1, -0.05) is 87.5 Å². The number of carbonyl (C=O) groups is 1. The van der Waals surface area contributed by atoms with Crippen LogP contribution in [0.25, 0.3) is 0 Å². The van der Waals surface area contributed by atoms with E-state index in [-0.39, 0.29) is 11.5 Å². The molecule has 0 unspecified atom stereocenters. The van der Waals surface area contributed by atoms with Crippen LogP contribution >= 0.6 is 0 Å². The summed E-state index contributed by atoms with van der Waals surface area (Å²) in [7, 11) is -2.73. The Morgan fingerprint density at radius 2 is 1.52 bits per heavy atom. The highest BCUT2D eigenvalue weighted by molar-refractivity contribution is 6.99. The van der Waals surface area contributed by atoms with Gasteiger partial charge in [-0.2, -0.15) is 0 Å². The third-order valence-corrected chi connectivity index (χ3v) is 9.45. The first-order valence-electron chi connectivity index (χ1n) is 8.44. The lowest BCUT2D eigenvalue weighted by Crippen LogP contribution is -2.67. The van der Waals surface area contributed by atoms with Gasteiger partial charge in [0, 0.05) is 0 Å². The molecule has 0 aliphatic heterocycles. The van der Waals surface area contributed by atoms with E-state index in [4.69, 9.17) is 4.43 Å².